The van der Waals surface area contributed by atoms with E-state index in [4.69, 9.17) is 4.74 Å². The molecule has 9 heteroatoms. The maximum atomic E-state index is 13.3. The van der Waals surface area contributed by atoms with E-state index < -0.39 is 11.7 Å². The number of benzene rings is 1. The second kappa shape index (κ2) is 6.42. The number of anilines is 2. The van der Waals surface area contributed by atoms with Crippen LogP contribution >= 0.6 is 0 Å². The average Bonchev–Trinajstić information content (AvgIpc) is 3.01. The molecule has 1 aromatic carbocycles. The number of rotatable bonds is 4. The second-order valence-corrected chi connectivity index (χ2v) is 5.18. The Labute approximate surface area is 141 Å². The summed E-state index contributed by atoms with van der Waals surface area (Å²) in [4.78, 5) is 7.83. The Bertz CT molecular complexity index is 891. The van der Waals surface area contributed by atoms with Gasteiger partial charge in [0.15, 0.2) is 0 Å². The van der Waals surface area contributed by atoms with Crippen LogP contribution in [0.25, 0.3) is 11.3 Å². The molecule has 0 aliphatic carbocycles. The Kier molecular flexibility index (Phi) is 4.30. The van der Waals surface area contributed by atoms with E-state index in [1.807, 2.05) is 0 Å². The van der Waals surface area contributed by atoms with Crippen LogP contribution in [0.5, 0.6) is 5.75 Å². The zero-order chi connectivity index (χ0) is 18.0. The lowest BCUT2D eigenvalue weighted by Crippen LogP contribution is -2.11. The molecule has 0 saturated heterocycles. The third-order valence-electron chi connectivity index (χ3n) is 3.43. The number of hydrogen-bond donors (Lipinski definition) is 1. The third kappa shape index (κ3) is 3.54. The highest BCUT2D eigenvalue weighted by Gasteiger charge is 2.35. The van der Waals surface area contributed by atoms with Crippen molar-refractivity contribution in [1.82, 2.24) is 19.7 Å². The first-order valence-corrected chi connectivity index (χ1v) is 7.22. The molecule has 1 N–H and O–H groups in total. The fraction of sp³-hybridized carbons (Fsp3) is 0.188. The summed E-state index contributed by atoms with van der Waals surface area (Å²) in [6.07, 6.45) is -1.03. The van der Waals surface area contributed by atoms with Crippen LogP contribution in [0.1, 0.15) is 5.56 Å². The molecule has 0 aliphatic heterocycles. The highest BCUT2D eigenvalue weighted by atomic mass is 19.4. The van der Waals surface area contributed by atoms with Crippen molar-refractivity contribution >= 4 is 11.6 Å². The van der Waals surface area contributed by atoms with Crippen LogP contribution in [0, 0.1) is 0 Å². The summed E-state index contributed by atoms with van der Waals surface area (Å²) in [7, 11) is 3.11. The molecular weight excluding hydrogens is 335 g/mol. The van der Waals surface area contributed by atoms with E-state index in [2.05, 4.69) is 20.4 Å². The number of aryl methyl sites for hydroxylation is 1. The van der Waals surface area contributed by atoms with Crippen LogP contribution in [-0.4, -0.2) is 26.9 Å². The summed E-state index contributed by atoms with van der Waals surface area (Å²) >= 11 is 0. The highest BCUT2D eigenvalue weighted by molar-refractivity contribution is 5.67. The molecule has 0 atom stereocenters. The van der Waals surface area contributed by atoms with Gasteiger partial charge in [0.05, 0.1) is 24.7 Å². The van der Waals surface area contributed by atoms with Crippen molar-refractivity contribution in [2.75, 3.05) is 12.4 Å². The van der Waals surface area contributed by atoms with E-state index in [-0.39, 0.29) is 17.2 Å². The molecule has 2 aromatic heterocycles. The van der Waals surface area contributed by atoms with Crippen molar-refractivity contribution in [2.45, 2.75) is 6.18 Å². The summed E-state index contributed by atoms with van der Waals surface area (Å²) in [6, 6.07) is 6.97. The molecular formula is C16H14F3N5O. The van der Waals surface area contributed by atoms with Crippen molar-refractivity contribution < 1.29 is 17.9 Å². The van der Waals surface area contributed by atoms with Crippen molar-refractivity contribution in [3.8, 4) is 17.0 Å². The smallest absolute Gasteiger partial charge is 0.419 e. The van der Waals surface area contributed by atoms with Gasteiger partial charge in [0, 0.05) is 25.0 Å². The van der Waals surface area contributed by atoms with Gasteiger partial charge in [0.2, 0.25) is 5.95 Å². The van der Waals surface area contributed by atoms with E-state index >= 15 is 0 Å². The number of para-hydroxylation sites is 2. The summed E-state index contributed by atoms with van der Waals surface area (Å²) in [5, 5.41) is 6.78. The van der Waals surface area contributed by atoms with Crippen LogP contribution < -0.4 is 10.1 Å². The Morgan fingerprint density at radius 2 is 1.92 bits per heavy atom. The number of methoxy groups -OCH3 is 1. The summed E-state index contributed by atoms with van der Waals surface area (Å²) in [6.45, 7) is 0. The number of halogens is 3. The van der Waals surface area contributed by atoms with E-state index in [9.17, 15) is 13.2 Å². The normalized spacial score (nSPS) is 11.4. The van der Waals surface area contributed by atoms with Gasteiger partial charge in [-0.05, 0) is 12.1 Å². The maximum absolute atomic E-state index is 13.3. The maximum Gasteiger partial charge on any atom is 0.419 e. The third-order valence-corrected chi connectivity index (χ3v) is 3.43. The molecule has 0 bridgehead atoms. The van der Waals surface area contributed by atoms with E-state index in [0.717, 1.165) is 6.20 Å². The molecule has 0 aliphatic rings. The van der Waals surface area contributed by atoms with Crippen LogP contribution in [0.15, 0.2) is 42.9 Å². The number of aromatic nitrogens is 4. The highest BCUT2D eigenvalue weighted by Crippen LogP contribution is 2.36. The van der Waals surface area contributed by atoms with Gasteiger partial charge < -0.3 is 10.1 Å². The fourth-order valence-electron chi connectivity index (χ4n) is 2.28. The monoisotopic (exact) mass is 349 g/mol. The molecule has 0 spiro atoms. The summed E-state index contributed by atoms with van der Waals surface area (Å²) in [5.41, 5.74) is -0.374. The molecule has 25 heavy (non-hydrogen) atoms. The topological polar surface area (TPSA) is 64.9 Å². The molecule has 0 radical (unpaired) electrons. The van der Waals surface area contributed by atoms with Gasteiger partial charge in [-0.15, -0.1) is 0 Å². The lowest BCUT2D eigenvalue weighted by Gasteiger charge is -2.13. The SMILES string of the molecule is COc1ccccc1Nc1ncc(C(F)(F)F)c(-c2cnn(C)c2)n1. The fourth-order valence-corrected chi connectivity index (χ4v) is 2.28. The largest absolute Gasteiger partial charge is 0.495 e. The molecule has 0 unspecified atom stereocenters. The Morgan fingerprint density at radius 3 is 2.56 bits per heavy atom. The predicted octanol–water partition coefficient (Wildman–Crippen LogP) is 3.65. The number of ether oxygens (including phenoxy) is 1. The molecule has 0 saturated carbocycles. The van der Waals surface area contributed by atoms with Crippen LogP contribution in [0.2, 0.25) is 0 Å². The lowest BCUT2D eigenvalue weighted by atomic mass is 10.1. The van der Waals surface area contributed by atoms with E-state index in [1.54, 1.807) is 31.3 Å². The summed E-state index contributed by atoms with van der Waals surface area (Å²) < 4.78 is 46.4. The number of hydrogen-bond acceptors (Lipinski definition) is 5. The van der Waals surface area contributed by atoms with Crippen LogP contribution in [0.4, 0.5) is 24.8 Å². The first kappa shape index (κ1) is 16.7. The van der Waals surface area contributed by atoms with E-state index in [0.29, 0.717) is 11.4 Å². The van der Waals surface area contributed by atoms with Gasteiger partial charge in [-0.3, -0.25) is 4.68 Å². The lowest BCUT2D eigenvalue weighted by molar-refractivity contribution is -0.137. The zero-order valence-electron chi connectivity index (χ0n) is 13.4. The van der Waals surface area contributed by atoms with Crippen molar-refractivity contribution in [3.05, 3.63) is 48.4 Å². The first-order chi connectivity index (χ1) is 11.9. The van der Waals surface area contributed by atoms with Gasteiger partial charge >= 0.3 is 6.18 Å². The van der Waals surface area contributed by atoms with Gasteiger partial charge in [0.25, 0.3) is 0 Å². The average molecular weight is 349 g/mol. The van der Waals surface area contributed by atoms with Crippen molar-refractivity contribution in [3.63, 3.8) is 0 Å². The standard InChI is InChI=1S/C16H14F3N5O/c1-24-9-10(7-21-24)14-11(16(17,18)19)8-20-15(23-14)22-12-5-3-4-6-13(12)25-2/h3-9H,1-2H3,(H,20,22,23). The Hall–Kier alpha value is -3.10. The minimum Gasteiger partial charge on any atom is -0.495 e. The van der Waals surface area contributed by atoms with Gasteiger partial charge in [-0.2, -0.15) is 18.3 Å². The van der Waals surface area contributed by atoms with Gasteiger partial charge in [-0.1, -0.05) is 12.1 Å². The van der Waals surface area contributed by atoms with Crippen molar-refractivity contribution in [2.24, 2.45) is 7.05 Å². The second-order valence-electron chi connectivity index (χ2n) is 5.18. The molecule has 0 amide bonds. The molecule has 0 fully saturated rings. The molecule has 2 heterocycles. The number of alkyl halides is 3. The summed E-state index contributed by atoms with van der Waals surface area (Å²) in [5.74, 6) is 0.547. The molecule has 3 aromatic rings. The quantitative estimate of drug-likeness (QED) is 0.779. The molecule has 130 valence electrons. The van der Waals surface area contributed by atoms with Gasteiger partial charge in [-0.25, -0.2) is 9.97 Å². The minimum absolute atomic E-state index is 0.0244. The number of nitrogens with one attached hydrogen (secondary N) is 1. The minimum atomic E-state index is -4.58. The Morgan fingerprint density at radius 1 is 1.16 bits per heavy atom. The molecule has 3 rings (SSSR count). The van der Waals surface area contributed by atoms with E-state index in [1.165, 1.54) is 24.2 Å². The zero-order valence-corrected chi connectivity index (χ0v) is 13.4. The number of nitrogens with zero attached hydrogens (tertiary/aromatic N) is 4. The Balaban J connectivity index is 2.05. The van der Waals surface area contributed by atoms with Crippen LogP contribution in [0.3, 0.4) is 0 Å². The molecule has 6 nitrogen and oxygen atoms in total. The van der Waals surface area contributed by atoms with Crippen molar-refractivity contribution in [1.29, 1.82) is 0 Å². The predicted molar refractivity (Wildman–Crippen MR) is 85.5 cm³/mol. The van der Waals surface area contributed by atoms with Crippen LogP contribution in [-0.2, 0) is 13.2 Å². The van der Waals surface area contributed by atoms with Gasteiger partial charge in [0.1, 0.15) is 11.3 Å². The first-order valence-electron chi connectivity index (χ1n) is 7.22.